The third kappa shape index (κ3) is 7.46. The van der Waals surface area contributed by atoms with Gasteiger partial charge in [0.1, 0.15) is 0 Å². The SMILES string of the molecule is O=C(NN=C1CCCCCCCCCCC1)c1ccc(CSc2nc3ccccc3[nH]2)cc1. The number of fused-ring (bicyclic) bond motifs is 1. The summed E-state index contributed by atoms with van der Waals surface area (Å²) < 4.78 is 0. The summed E-state index contributed by atoms with van der Waals surface area (Å²) in [6.07, 6.45) is 13.6. The number of hydrogen-bond acceptors (Lipinski definition) is 4. The van der Waals surface area contributed by atoms with E-state index in [1.807, 2.05) is 48.5 Å². The first-order valence-electron chi connectivity index (χ1n) is 12.3. The van der Waals surface area contributed by atoms with E-state index in [9.17, 15) is 4.79 Å². The van der Waals surface area contributed by atoms with Gasteiger partial charge >= 0.3 is 0 Å². The van der Waals surface area contributed by atoms with Crippen molar-refractivity contribution in [2.75, 3.05) is 0 Å². The number of hydrogen-bond donors (Lipinski definition) is 2. The molecular formula is C27H34N4OS. The molecule has 1 amide bonds. The number of aromatic amines is 1. The maximum atomic E-state index is 12.6. The summed E-state index contributed by atoms with van der Waals surface area (Å²) in [7, 11) is 0. The van der Waals surface area contributed by atoms with Crippen molar-refractivity contribution in [3.05, 3.63) is 59.7 Å². The number of thioether (sulfide) groups is 1. The molecule has 1 heterocycles. The summed E-state index contributed by atoms with van der Waals surface area (Å²) in [6.45, 7) is 0. The molecule has 0 saturated heterocycles. The highest BCUT2D eigenvalue weighted by Gasteiger charge is 2.08. The predicted molar refractivity (Wildman–Crippen MR) is 138 cm³/mol. The van der Waals surface area contributed by atoms with Crippen LogP contribution in [0.4, 0.5) is 0 Å². The molecule has 1 aliphatic rings. The van der Waals surface area contributed by atoms with E-state index < -0.39 is 0 Å². The topological polar surface area (TPSA) is 70.1 Å². The Morgan fingerprint density at radius 2 is 1.52 bits per heavy atom. The van der Waals surface area contributed by atoms with Crippen LogP contribution in [0.3, 0.4) is 0 Å². The molecule has 2 aromatic carbocycles. The number of nitrogens with one attached hydrogen (secondary N) is 2. The minimum absolute atomic E-state index is 0.134. The van der Waals surface area contributed by atoms with Gasteiger partial charge in [0.2, 0.25) is 0 Å². The number of carbonyl (C=O) groups excluding carboxylic acids is 1. The van der Waals surface area contributed by atoms with E-state index in [0.717, 1.165) is 46.1 Å². The number of hydrazone groups is 1. The molecule has 0 bridgehead atoms. The summed E-state index contributed by atoms with van der Waals surface area (Å²) in [5.41, 5.74) is 7.77. The zero-order valence-corrected chi connectivity index (χ0v) is 20.1. The molecule has 33 heavy (non-hydrogen) atoms. The average Bonchev–Trinajstić information content (AvgIpc) is 3.26. The van der Waals surface area contributed by atoms with Crippen LogP contribution < -0.4 is 5.43 Å². The predicted octanol–water partition coefficient (Wildman–Crippen LogP) is 7.25. The van der Waals surface area contributed by atoms with Crippen LogP contribution in [-0.4, -0.2) is 21.6 Å². The molecule has 174 valence electrons. The van der Waals surface area contributed by atoms with Gasteiger partial charge in [0, 0.05) is 17.0 Å². The van der Waals surface area contributed by atoms with Gasteiger partial charge in [0.05, 0.1) is 11.0 Å². The van der Waals surface area contributed by atoms with E-state index >= 15 is 0 Å². The minimum atomic E-state index is -0.134. The Labute approximate surface area is 200 Å². The number of carbonyl (C=O) groups is 1. The van der Waals surface area contributed by atoms with Gasteiger partial charge in [0.15, 0.2) is 5.16 Å². The highest BCUT2D eigenvalue weighted by molar-refractivity contribution is 7.98. The lowest BCUT2D eigenvalue weighted by molar-refractivity contribution is 0.0954. The van der Waals surface area contributed by atoms with Crippen LogP contribution in [-0.2, 0) is 5.75 Å². The van der Waals surface area contributed by atoms with E-state index in [4.69, 9.17) is 0 Å². The van der Waals surface area contributed by atoms with E-state index in [1.54, 1.807) is 11.8 Å². The first-order valence-corrected chi connectivity index (χ1v) is 13.3. The van der Waals surface area contributed by atoms with Crippen molar-refractivity contribution in [1.82, 2.24) is 15.4 Å². The third-order valence-corrected chi connectivity index (χ3v) is 7.15. The molecule has 1 saturated carbocycles. The Hall–Kier alpha value is -2.60. The van der Waals surface area contributed by atoms with Crippen LogP contribution in [0, 0.1) is 0 Å². The standard InChI is InChI=1S/C27H34N4OS/c32-26(31-30-23-12-8-6-4-2-1-3-5-7-9-13-23)22-18-16-21(17-19-22)20-33-27-28-24-14-10-11-15-25(24)29-27/h10-11,14-19H,1-9,12-13,20H2,(H,28,29)(H,31,32). The Bertz CT molecular complexity index is 1010. The second-order valence-electron chi connectivity index (χ2n) is 8.85. The molecule has 0 aliphatic heterocycles. The molecule has 2 N–H and O–H groups in total. The van der Waals surface area contributed by atoms with Gasteiger partial charge in [-0.25, -0.2) is 10.4 Å². The van der Waals surface area contributed by atoms with Gasteiger partial charge in [-0.2, -0.15) is 5.10 Å². The van der Waals surface area contributed by atoms with Crippen LogP contribution in [0.25, 0.3) is 11.0 Å². The van der Waals surface area contributed by atoms with Crippen LogP contribution in [0.2, 0.25) is 0 Å². The molecule has 0 radical (unpaired) electrons. The Morgan fingerprint density at radius 3 is 2.18 bits per heavy atom. The van der Waals surface area contributed by atoms with Crippen molar-refractivity contribution in [2.24, 2.45) is 5.10 Å². The Kier molecular flexibility index (Phi) is 8.99. The van der Waals surface area contributed by atoms with Gasteiger partial charge in [-0.05, 0) is 55.5 Å². The van der Waals surface area contributed by atoms with Crippen LogP contribution >= 0.6 is 11.8 Å². The summed E-state index contributed by atoms with van der Waals surface area (Å²) in [5, 5.41) is 5.42. The van der Waals surface area contributed by atoms with Gasteiger partial charge in [-0.1, -0.05) is 81.0 Å². The number of imidazole rings is 1. The smallest absolute Gasteiger partial charge is 0.271 e. The number of rotatable bonds is 5. The number of amides is 1. The van der Waals surface area contributed by atoms with Crippen molar-refractivity contribution >= 4 is 34.4 Å². The van der Waals surface area contributed by atoms with Crippen molar-refractivity contribution in [1.29, 1.82) is 0 Å². The number of aromatic nitrogens is 2. The molecule has 5 nitrogen and oxygen atoms in total. The quantitative estimate of drug-likeness (QED) is 0.310. The second kappa shape index (κ2) is 12.6. The monoisotopic (exact) mass is 462 g/mol. The number of benzene rings is 2. The first kappa shape index (κ1) is 23.6. The maximum absolute atomic E-state index is 12.6. The second-order valence-corrected chi connectivity index (χ2v) is 9.81. The third-order valence-electron chi connectivity index (χ3n) is 6.21. The summed E-state index contributed by atoms with van der Waals surface area (Å²) in [4.78, 5) is 20.6. The van der Waals surface area contributed by atoms with Crippen molar-refractivity contribution in [2.45, 2.75) is 81.5 Å². The molecule has 0 atom stereocenters. The lowest BCUT2D eigenvalue weighted by atomic mass is 10.00. The number of nitrogens with zero attached hydrogens (tertiary/aromatic N) is 2. The molecular weight excluding hydrogens is 428 g/mol. The maximum Gasteiger partial charge on any atom is 0.271 e. The van der Waals surface area contributed by atoms with E-state index in [2.05, 4.69) is 20.5 Å². The molecule has 4 rings (SSSR count). The zero-order valence-electron chi connectivity index (χ0n) is 19.3. The van der Waals surface area contributed by atoms with Gasteiger partial charge < -0.3 is 4.98 Å². The molecule has 6 heteroatoms. The average molecular weight is 463 g/mol. The van der Waals surface area contributed by atoms with Gasteiger partial charge in [0.25, 0.3) is 5.91 Å². The fourth-order valence-electron chi connectivity index (χ4n) is 4.23. The van der Waals surface area contributed by atoms with Crippen LogP contribution in [0.1, 0.15) is 86.6 Å². The molecule has 1 aromatic heterocycles. The van der Waals surface area contributed by atoms with Crippen molar-refractivity contribution < 1.29 is 4.79 Å². The Morgan fingerprint density at radius 1 is 0.879 bits per heavy atom. The van der Waals surface area contributed by atoms with Crippen LogP contribution in [0.15, 0.2) is 58.8 Å². The largest absolute Gasteiger partial charge is 0.333 e. The first-order chi connectivity index (χ1) is 16.3. The van der Waals surface area contributed by atoms with E-state index in [1.165, 1.54) is 57.8 Å². The summed E-state index contributed by atoms with van der Waals surface area (Å²) in [6, 6.07) is 15.8. The zero-order chi connectivity index (χ0) is 22.7. The highest BCUT2D eigenvalue weighted by Crippen LogP contribution is 2.23. The molecule has 0 spiro atoms. The summed E-state index contributed by atoms with van der Waals surface area (Å²) in [5.74, 6) is 0.661. The summed E-state index contributed by atoms with van der Waals surface area (Å²) >= 11 is 1.66. The normalized spacial score (nSPS) is 16.1. The molecule has 1 aliphatic carbocycles. The lowest BCUT2D eigenvalue weighted by Gasteiger charge is -2.10. The number of H-pyrrole nitrogens is 1. The fraction of sp³-hybridized carbons (Fsp3) is 0.444. The highest BCUT2D eigenvalue weighted by atomic mass is 32.2. The van der Waals surface area contributed by atoms with Gasteiger partial charge in [-0.15, -0.1) is 0 Å². The number of para-hydroxylation sites is 2. The van der Waals surface area contributed by atoms with Gasteiger partial charge in [-0.3, -0.25) is 4.79 Å². The van der Waals surface area contributed by atoms with Crippen molar-refractivity contribution in [3.8, 4) is 0 Å². The minimum Gasteiger partial charge on any atom is -0.333 e. The lowest BCUT2D eigenvalue weighted by Crippen LogP contribution is -2.20. The van der Waals surface area contributed by atoms with E-state index in [0.29, 0.717) is 5.56 Å². The van der Waals surface area contributed by atoms with E-state index in [-0.39, 0.29) is 5.91 Å². The molecule has 3 aromatic rings. The molecule has 1 fully saturated rings. The molecule has 0 unspecified atom stereocenters. The fourth-order valence-corrected chi connectivity index (χ4v) is 5.07. The van der Waals surface area contributed by atoms with Crippen molar-refractivity contribution in [3.63, 3.8) is 0 Å². The Balaban J connectivity index is 1.28. The van der Waals surface area contributed by atoms with Crippen LogP contribution in [0.5, 0.6) is 0 Å².